The highest BCUT2D eigenvalue weighted by Crippen LogP contribution is 2.31. The number of carbonyl (C=O) groups is 1. The molecule has 2 aromatic rings. The topological polar surface area (TPSA) is 79.4 Å². The highest BCUT2D eigenvalue weighted by atomic mass is 79.9. The van der Waals surface area contributed by atoms with Crippen molar-refractivity contribution in [3.63, 3.8) is 0 Å². The van der Waals surface area contributed by atoms with Crippen LogP contribution in [0.5, 0.6) is 5.75 Å². The highest BCUT2D eigenvalue weighted by Gasteiger charge is 2.09. The highest BCUT2D eigenvalue weighted by molar-refractivity contribution is 9.11. The molecule has 1 aromatic carbocycles. The van der Waals surface area contributed by atoms with Crippen LogP contribution in [0.2, 0.25) is 0 Å². The lowest BCUT2D eigenvalue weighted by Gasteiger charge is -2.07. The van der Waals surface area contributed by atoms with Gasteiger partial charge < -0.3 is 4.74 Å². The number of hydrogen-bond acceptors (Lipinski definition) is 4. The molecule has 0 atom stereocenters. The van der Waals surface area contributed by atoms with E-state index in [9.17, 15) is 4.79 Å². The van der Waals surface area contributed by atoms with Crippen LogP contribution in [0, 0.1) is 6.92 Å². The van der Waals surface area contributed by atoms with E-state index in [1.165, 1.54) is 6.21 Å². The number of nitrogens with one attached hydrogen (secondary N) is 2. The maximum absolute atomic E-state index is 11.8. The van der Waals surface area contributed by atoms with Crippen molar-refractivity contribution in [2.45, 2.75) is 6.92 Å². The fourth-order valence-corrected chi connectivity index (χ4v) is 3.06. The predicted octanol–water partition coefficient (Wildman–Crippen LogP) is 3.02. The lowest BCUT2D eigenvalue weighted by molar-refractivity contribution is 0.0950. The third-order valence-electron chi connectivity index (χ3n) is 2.55. The molecule has 6 nitrogen and oxygen atoms in total. The molecule has 0 radical (unpaired) electrons. The molecule has 0 aliphatic rings. The van der Waals surface area contributed by atoms with Gasteiger partial charge in [0.1, 0.15) is 5.75 Å². The number of rotatable bonds is 4. The van der Waals surface area contributed by atoms with Gasteiger partial charge in [-0.15, -0.1) is 0 Å². The van der Waals surface area contributed by atoms with E-state index in [2.05, 4.69) is 52.6 Å². The van der Waals surface area contributed by atoms with E-state index in [1.807, 2.05) is 19.1 Å². The normalized spacial score (nSPS) is 10.9. The van der Waals surface area contributed by atoms with Gasteiger partial charge in [0.05, 0.1) is 17.8 Å². The summed E-state index contributed by atoms with van der Waals surface area (Å²) in [5, 5.41) is 10.5. The number of benzene rings is 1. The SMILES string of the molecule is COc1c(Br)cc(Br)cc1C=NNC(=O)c1cc(C)[nH]n1. The third kappa shape index (κ3) is 3.92. The first-order valence-corrected chi connectivity index (χ1v) is 7.48. The van der Waals surface area contributed by atoms with E-state index < -0.39 is 0 Å². The molecular weight excluding hydrogens is 404 g/mol. The first kappa shape index (κ1) is 15.7. The Bertz CT molecular complexity index is 697. The van der Waals surface area contributed by atoms with E-state index in [4.69, 9.17) is 4.74 Å². The molecule has 2 N–H and O–H groups in total. The van der Waals surface area contributed by atoms with Crippen LogP contribution in [0.3, 0.4) is 0 Å². The molecule has 1 aromatic heterocycles. The molecule has 1 heterocycles. The van der Waals surface area contributed by atoms with E-state index in [-0.39, 0.29) is 11.6 Å². The lowest BCUT2D eigenvalue weighted by atomic mass is 10.2. The number of halogens is 2. The van der Waals surface area contributed by atoms with E-state index in [1.54, 1.807) is 13.2 Å². The molecule has 2 rings (SSSR count). The average molecular weight is 416 g/mol. The molecule has 0 saturated heterocycles. The molecule has 0 bridgehead atoms. The Labute approximate surface area is 138 Å². The van der Waals surface area contributed by atoms with Crippen LogP contribution in [0.4, 0.5) is 0 Å². The van der Waals surface area contributed by atoms with E-state index in [0.29, 0.717) is 5.75 Å². The summed E-state index contributed by atoms with van der Waals surface area (Å²) in [5.41, 5.74) is 4.22. The molecule has 21 heavy (non-hydrogen) atoms. The van der Waals surface area contributed by atoms with Crippen molar-refractivity contribution in [2.75, 3.05) is 7.11 Å². The first-order valence-electron chi connectivity index (χ1n) is 5.89. The van der Waals surface area contributed by atoms with E-state index in [0.717, 1.165) is 20.2 Å². The quantitative estimate of drug-likeness (QED) is 0.595. The minimum absolute atomic E-state index is 0.284. The summed E-state index contributed by atoms with van der Waals surface area (Å²) in [7, 11) is 1.57. The maximum atomic E-state index is 11.8. The van der Waals surface area contributed by atoms with Gasteiger partial charge in [-0.2, -0.15) is 10.2 Å². The molecule has 0 saturated carbocycles. The number of H-pyrrole nitrogens is 1. The molecule has 0 spiro atoms. The zero-order chi connectivity index (χ0) is 15.4. The summed E-state index contributed by atoms with van der Waals surface area (Å²) in [6.45, 7) is 1.82. The standard InChI is InChI=1S/C13H12Br2N4O2/c1-7-3-11(18-17-7)13(20)19-16-6-8-4-9(14)5-10(15)12(8)21-2/h3-6H,1-2H3,(H,17,18)(H,19,20). The molecule has 0 aliphatic carbocycles. The summed E-state index contributed by atoms with van der Waals surface area (Å²) in [6.07, 6.45) is 1.51. The van der Waals surface area contributed by atoms with E-state index >= 15 is 0 Å². The van der Waals surface area contributed by atoms with Gasteiger partial charge in [-0.1, -0.05) is 15.9 Å². The third-order valence-corrected chi connectivity index (χ3v) is 3.60. The first-order chi connectivity index (χ1) is 10.0. The molecule has 110 valence electrons. The molecule has 0 fully saturated rings. The van der Waals surface area contributed by atoms with Gasteiger partial charge in [0.25, 0.3) is 5.91 Å². The van der Waals surface area contributed by atoms with Crippen LogP contribution < -0.4 is 10.2 Å². The van der Waals surface area contributed by atoms with Crippen molar-refractivity contribution in [1.82, 2.24) is 15.6 Å². The number of aromatic amines is 1. The number of hydrogen-bond donors (Lipinski definition) is 2. The van der Waals surface area contributed by atoms with Crippen molar-refractivity contribution in [1.29, 1.82) is 0 Å². The number of ether oxygens (including phenoxy) is 1. The smallest absolute Gasteiger partial charge is 0.291 e. The summed E-state index contributed by atoms with van der Waals surface area (Å²) in [4.78, 5) is 11.8. The predicted molar refractivity (Wildman–Crippen MR) is 86.8 cm³/mol. The van der Waals surface area contributed by atoms with Gasteiger partial charge >= 0.3 is 0 Å². The lowest BCUT2D eigenvalue weighted by Crippen LogP contribution is -2.18. The number of aromatic nitrogens is 2. The second kappa shape index (κ2) is 6.86. The molecule has 1 amide bonds. The Hall–Kier alpha value is -1.67. The van der Waals surface area contributed by atoms with Crippen molar-refractivity contribution >= 4 is 44.0 Å². The molecular formula is C13H12Br2N4O2. The fraction of sp³-hybridized carbons (Fsp3) is 0.154. The number of carbonyl (C=O) groups excluding carboxylic acids is 1. The van der Waals surface area contributed by atoms with Gasteiger partial charge in [0.2, 0.25) is 0 Å². The van der Waals surface area contributed by atoms with Crippen LogP contribution in [-0.2, 0) is 0 Å². The monoisotopic (exact) mass is 414 g/mol. The minimum Gasteiger partial charge on any atom is -0.495 e. The summed E-state index contributed by atoms with van der Waals surface area (Å²) >= 11 is 6.79. The average Bonchev–Trinajstić information content (AvgIpc) is 2.85. The number of methoxy groups -OCH3 is 1. The summed E-state index contributed by atoms with van der Waals surface area (Å²) in [6, 6.07) is 5.33. The molecule has 0 unspecified atom stereocenters. The van der Waals surface area contributed by atoms with Crippen LogP contribution in [-0.4, -0.2) is 29.4 Å². The Morgan fingerprint density at radius 2 is 2.19 bits per heavy atom. The fourth-order valence-electron chi connectivity index (χ4n) is 1.64. The van der Waals surface area contributed by atoms with Crippen molar-refractivity contribution in [2.24, 2.45) is 5.10 Å². The summed E-state index contributed by atoms with van der Waals surface area (Å²) in [5.74, 6) is 0.246. The Morgan fingerprint density at radius 3 is 2.81 bits per heavy atom. The number of nitrogens with zero attached hydrogens (tertiary/aromatic N) is 2. The zero-order valence-corrected chi connectivity index (χ0v) is 14.4. The Morgan fingerprint density at radius 1 is 1.43 bits per heavy atom. The minimum atomic E-state index is -0.386. The molecule has 8 heteroatoms. The maximum Gasteiger partial charge on any atom is 0.291 e. The van der Waals surface area contributed by atoms with Crippen LogP contribution >= 0.6 is 31.9 Å². The Kier molecular flexibility index (Phi) is 5.13. The number of amides is 1. The molecule has 0 aliphatic heterocycles. The number of hydrazone groups is 1. The van der Waals surface area contributed by atoms with Crippen LogP contribution in [0.15, 0.2) is 32.2 Å². The van der Waals surface area contributed by atoms with Crippen molar-refractivity contribution < 1.29 is 9.53 Å². The van der Waals surface area contributed by atoms with Gasteiger partial charge in [0.15, 0.2) is 5.69 Å². The van der Waals surface area contributed by atoms with Crippen molar-refractivity contribution in [3.05, 3.63) is 44.1 Å². The van der Waals surface area contributed by atoms with Gasteiger partial charge in [-0.3, -0.25) is 9.89 Å². The van der Waals surface area contributed by atoms with Crippen molar-refractivity contribution in [3.8, 4) is 5.75 Å². The van der Waals surface area contributed by atoms with Crippen LogP contribution in [0.25, 0.3) is 0 Å². The Balaban J connectivity index is 2.13. The number of aryl methyl sites for hydroxylation is 1. The second-order valence-corrected chi connectivity index (χ2v) is 5.92. The largest absolute Gasteiger partial charge is 0.495 e. The van der Waals surface area contributed by atoms with Gasteiger partial charge in [-0.05, 0) is 41.1 Å². The van der Waals surface area contributed by atoms with Gasteiger partial charge in [-0.25, -0.2) is 5.43 Å². The zero-order valence-electron chi connectivity index (χ0n) is 11.3. The van der Waals surface area contributed by atoms with Crippen LogP contribution in [0.1, 0.15) is 21.7 Å². The second-order valence-electron chi connectivity index (χ2n) is 4.15. The summed E-state index contributed by atoms with van der Waals surface area (Å²) < 4.78 is 6.94. The van der Waals surface area contributed by atoms with Gasteiger partial charge in [0, 0.05) is 15.7 Å².